The van der Waals surface area contributed by atoms with Gasteiger partial charge in [0.2, 0.25) is 5.91 Å². The van der Waals surface area contributed by atoms with Crippen molar-refractivity contribution in [1.82, 2.24) is 10.6 Å². The van der Waals surface area contributed by atoms with Crippen LogP contribution >= 0.6 is 0 Å². The average molecular weight is 465 g/mol. The lowest BCUT2D eigenvalue weighted by Gasteiger charge is -2.23. The molecular formula is C27H32N2O5. The fourth-order valence-corrected chi connectivity index (χ4v) is 4.61. The lowest BCUT2D eigenvalue weighted by molar-refractivity contribution is -0.142. The zero-order valence-corrected chi connectivity index (χ0v) is 19.6. The molecule has 2 aromatic rings. The maximum Gasteiger partial charge on any atom is 0.407 e. The summed E-state index contributed by atoms with van der Waals surface area (Å²) in [6.07, 6.45) is 1.89. The van der Waals surface area contributed by atoms with Crippen LogP contribution in [0.4, 0.5) is 4.79 Å². The first kappa shape index (κ1) is 23.8. The van der Waals surface area contributed by atoms with Crippen LogP contribution in [0.1, 0.15) is 56.6 Å². The summed E-state index contributed by atoms with van der Waals surface area (Å²) in [5.74, 6) is -1.10. The Morgan fingerprint density at radius 1 is 0.971 bits per heavy atom. The highest BCUT2D eigenvalue weighted by Crippen LogP contribution is 2.44. The van der Waals surface area contributed by atoms with Gasteiger partial charge in [-0.2, -0.15) is 0 Å². The van der Waals surface area contributed by atoms with E-state index in [2.05, 4.69) is 34.9 Å². The number of aliphatic carboxylic acids is 1. The third kappa shape index (κ3) is 5.58. The van der Waals surface area contributed by atoms with Gasteiger partial charge >= 0.3 is 12.1 Å². The number of carbonyl (C=O) groups is 3. The molecule has 0 heterocycles. The number of benzene rings is 2. The average Bonchev–Trinajstić information content (AvgIpc) is 3.57. The van der Waals surface area contributed by atoms with E-state index in [4.69, 9.17) is 4.74 Å². The molecule has 1 unspecified atom stereocenters. The first-order valence-corrected chi connectivity index (χ1v) is 12.0. The second kappa shape index (κ2) is 10.3. The van der Waals surface area contributed by atoms with Gasteiger partial charge in [0.15, 0.2) is 0 Å². The molecule has 0 aromatic heterocycles. The van der Waals surface area contributed by atoms with Gasteiger partial charge in [0.1, 0.15) is 12.6 Å². The minimum absolute atomic E-state index is 0.00366. The highest BCUT2D eigenvalue weighted by Gasteiger charge is 2.32. The van der Waals surface area contributed by atoms with Gasteiger partial charge < -0.3 is 20.5 Å². The molecule has 2 aromatic carbocycles. The van der Waals surface area contributed by atoms with Crippen LogP contribution in [0.15, 0.2) is 48.5 Å². The van der Waals surface area contributed by atoms with E-state index in [-0.39, 0.29) is 30.8 Å². The predicted octanol–water partition coefficient (Wildman–Crippen LogP) is 4.31. The van der Waals surface area contributed by atoms with Crippen LogP contribution in [0.25, 0.3) is 11.1 Å². The number of alkyl carbamates (subject to hydrolysis) is 1. The Kier molecular flexibility index (Phi) is 7.20. The van der Waals surface area contributed by atoms with E-state index in [1.54, 1.807) is 0 Å². The van der Waals surface area contributed by atoms with E-state index in [0.29, 0.717) is 12.3 Å². The smallest absolute Gasteiger partial charge is 0.407 e. The predicted molar refractivity (Wildman–Crippen MR) is 128 cm³/mol. The Balaban J connectivity index is 1.34. The highest BCUT2D eigenvalue weighted by molar-refractivity contribution is 5.84. The molecule has 2 aliphatic carbocycles. The van der Waals surface area contributed by atoms with E-state index in [1.807, 2.05) is 38.1 Å². The van der Waals surface area contributed by atoms with E-state index < -0.39 is 24.1 Å². The van der Waals surface area contributed by atoms with Crippen molar-refractivity contribution in [3.8, 4) is 11.1 Å². The molecule has 0 spiro atoms. The number of amides is 2. The Labute approximate surface area is 199 Å². The minimum Gasteiger partial charge on any atom is -0.480 e. The van der Waals surface area contributed by atoms with Crippen LogP contribution in [-0.2, 0) is 14.3 Å². The third-order valence-corrected chi connectivity index (χ3v) is 6.76. The third-order valence-electron chi connectivity index (χ3n) is 6.76. The number of nitrogens with one attached hydrogen (secondary N) is 2. The normalized spacial score (nSPS) is 16.3. The Bertz CT molecular complexity index is 1020. The molecule has 1 saturated carbocycles. The zero-order valence-electron chi connectivity index (χ0n) is 19.6. The number of ether oxygens (including phenoxy) is 1. The largest absolute Gasteiger partial charge is 0.480 e. The van der Waals surface area contributed by atoms with Crippen molar-refractivity contribution < 1.29 is 24.2 Å². The molecule has 0 aliphatic heterocycles. The Hall–Kier alpha value is -3.35. The summed E-state index contributed by atoms with van der Waals surface area (Å²) in [7, 11) is 0. The van der Waals surface area contributed by atoms with Crippen molar-refractivity contribution in [2.24, 2.45) is 11.8 Å². The van der Waals surface area contributed by atoms with Crippen molar-refractivity contribution in [2.75, 3.05) is 6.61 Å². The van der Waals surface area contributed by atoms with Crippen LogP contribution in [0, 0.1) is 11.8 Å². The standard InChI is InChI=1S/C27H32N2O5/c1-16(2)23(14-25(30)28-24(26(31)32)13-17-11-12-17)29-27(33)34-15-22-20-9-5-3-7-18(20)19-8-4-6-10-21(19)22/h3-10,16-17,22-24H,11-15H2,1-2H3,(H,28,30)(H,29,33)(H,31,32)/t23-,24?/m0/s1. The fourth-order valence-electron chi connectivity index (χ4n) is 4.61. The number of carboxylic acid groups (broad SMARTS) is 1. The van der Waals surface area contributed by atoms with Crippen molar-refractivity contribution >= 4 is 18.0 Å². The van der Waals surface area contributed by atoms with Crippen molar-refractivity contribution in [3.63, 3.8) is 0 Å². The summed E-state index contributed by atoms with van der Waals surface area (Å²) in [4.78, 5) is 36.7. The van der Waals surface area contributed by atoms with Gasteiger partial charge in [-0.05, 0) is 40.5 Å². The Morgan fingerprint density at radius 3 is 2.09 bits per heavy atom. The molecule has 4 rings (SSSR count). The summed E-state index contributed by atoms with van der Waals surface area (Å²) < 4.78 is 5.61. The number of fused-ring (bicyclic) bond motifs is 3. The second-order valence-corrected chi connectivity index (χ2v) is 9.66. The highest BCUT2D eigenvalue weighted by atomic mass is 16.5. The summed E-state index contributed by atoms with van der Waals surface area (Å²) in [6, 6.07) is 14.9. The first-order valence-electron chi connectivity index (χ1n) is 12.0. The van der Waals surface area contributed by atoms with Crippen LogP contribution in [-0.4, -0.2) is 41.8 Å². The molecular weight excluding hydrogens is 432 g/mol. The van der Waals surface area contributed by atoms with Crippen molar-refractivity contribution in [1.29, 1.82) is 0 Å². The van der Waals surface area contributed by atoms with Gasteiger partial charge in [-0.25, -0.2) is 9.59 Å². The van der Waals surface area contributed by atoms with Gasteiger partial charge in [-0.1, -0.05) is 75.2 Å². The lowest BCUT2D eigenvalue weighted by Crippen LogP contribution is -2.46. The summed E-state index contributed by atoms with van der Waals surface area (Å²) in [6.45, 7) is 4.00. The molecule has 1 fully saturated rings. The maximum absolute atomic E-state index is 12.6. The molecule has 180 valence electrons. The van der Waals surface area contributed by atoms with Gasteiger partial charge in [-0.15, -0.1) is 0 Å². The van der Waals surface area contributed by atoms with Crippen molar-refractivity contribution in [2.45, 2.75) is 57.5 Å². The molecule has 3 N–H and O–H groups in total. The van der Waals surface area contributed by atoms with E-state index >= 15 is 0 Å². The number of carbonyl (C=O) groups excluding carboxylic acids is 2. The van der Waals surface area contributed by atoms with Crippen LogP contribution in [0.3, 0.4) is 0 Å². The van der Waals surface area contributed by atoms with Gasteiger partial charge in [0.25, 0.3) is 0 Å². The number of hydrogen-bond acceptors (Lipinski definition) is 4. The van der Waals surface area contributed by atoms with Gasteiger partial charge in [-0.3, -0.25) is 4.79 Å². The van der Waals surface area contributed by atoms with Gasteiger partial charge in [0.05, 0.1) is 0 Å². The molecule has 0 saturated heterocycles. The quantitative estimate of drug-likeness (QED) is 0.486. The molecule has 2 atom stereocenters. The first-order chi connectivity index (χ1) is 16.3. The number of carboxylic acids is 1. The lowest BCUT2D eigenvalue weighted by atomic mass is 9.98. The Morgan fingerprint density at radius 2 is 1.56 bits per heavy atom. The number of hydrogen-bond donors (Lipinski definition) is 3. The second-order valence-electron chi connectivity index (χ2n) is 9.66. The molecule has 7 nitrogen and oxygen atoms in total. The fraction of sp³-hybridized carbons (Fsp3) is 0.444. The van der Waals surface area contributed by atoms with E-state index in [1.165, 1.54) is 0 Å². The van der Waals surface area contributed by atoms with Gasteiger partial charge in [0, 0.05) is 18.4 Å². The maximum atomic E-state index is 12.6. The van der Waals surface area contributed by atoms with Crippen LogP contribution in [0.5, 0.6) is 0 Å². The van der Waals surface area contributed by atoms with Crippen molar-refractivity contribution in [3.05, 3.63) is 59.7 Å². The van der Waals surface area contributed by atoms with Crippen LogP contribution in [0.2, 0.25) is 0 Å². The molecule has 7 heteroatoms. The van der Waals surface area contributed by atoms with Crippen LogP contribution < -0.4 is 10.6 Å². The summed E-state index contributed by atoms with van der Waals surface area (Å²) in [5.41, 5.74) is 4.57. The molecule has 34 heavy (non-hydrogen) atoms. The topological polar surface area (TPSA) is 105 Å². The van der Waals surface area contributed by atoms with E-state index in [0.717, 1.165) is 35.1 Å². The molecule has 2 amide bonds. The zero-order chi connectivity index (χ0) is 24.2. The summed E-state index contributed by atoms with van der Waals surface area (Å²) in [5, 5.41) is 14.8. The summed E-state index contributed by atoms with van der Waals surface area (Å²) >= 11 is 0. The molecule has 2 aliphatic rings. The van der Waals surface area contributed by atoms with E-state index in [9.17, 15) is 19.5 Å². The monoisotopic (exact) mass is 464 g/mol. The molecule has 0 radical (unpaired) electrons. The minimum atomic E-state index is -1.02. The number of rotatable bonds is 10. The molecule has 0 bridgehead atoms. The SMILES string of the molecule is CC(C)[C@H](CC(=O)NC(CC1CC1)C(=O)O)NC(=O)OCC1c2ccccc2-c2ccccc21.